The second kappa shape index (κ2) is 8.03. The highest BCUT2D eigenvalue weighted by Crippen LogP contribution is 2.23. The lowest BCUT2D eigenvalue weighted by Crippen LogP contribution is -2.41. The second-order valence-corrected chi connectivity index (χ2v) is 5.52. The molecule has 0 radical (unpaired) electrons. The molecule has 0 aliphatic carbocycles. The lowest BCUT2D eigenvalue weighted by molar-refractivity contribution is 0.0186. The van der Waals surface area contributed by atoms with Crippen molar-refractivity contribution in [2.75, 3.05) is 45.3 Å². The number of hydrogen-bond donors (Lipinski definition) is 1. The first-order valence-corrected chi connectivity index (χ1v) is 7.94. The molecule has 7 heteroatoms. The summed E-state index contributed by atoms with van der Waals surface area (Å²) in [4.78, 5) is 10.8. The molecule has 1 aromatic heterocycles. The lowest BCUT2D eigenvalue weighted by atomic mass is 10.0. The standard InChI is InChI=1S/C17H21FN4O2/c1-23-16-6-7-19-17(21-16)20-12-15(22-8-10-24-11-9-22)13-2-4-14(18)5-3-13/h2-7,15H,8-12H2,1H3,(H,19,20,21). The molecule has 0 amide bonds. The van der Waals surface area contributed by atoms with Crippen molar-refractivity contribution in [3.05, 3.63) is 47.9 Å². The van der Waals surface area contributed by atoms with Gasteiger partial charge in [0.15, 0.2) is 0 Å². The average molecular weight is 332 g/mol. The van der Waals surface area contributed by atoms with Gasteiger partial charge in [0.2, 0.25) is 11.8 Å². The quantitative estimate of drug-likeness (QED) is 0.874. The van der Waals surface area contributed by atoms with Gasteiger partial charge < -0.3 is 14.8 Å². The van der Waals surface area contributed by atoms with E-state index >= 15 is 0 Å². The maximum atomic E-state index is 13.2. The number of morpholine rings is 1. The van der Waals surface area contributed by atoms with Crippen molar-refractivity contribution in [2.24, 2.45) is 0 Å². The number of aromatic nitrogens is 2. The van der Waals surface area contributed by atoms with Crippen LogP contribution >= 0.6 is 0 Å². The fraction of sp³-hybridized carbons (Fsp3) is 0.412. The minimum Gasteiger partial charge on any atom is -0.481 e. The predicted octanol–water partition coefficient (Wildman–Crippen LogP) is 2.11. The number of ether oxygens (including phenoxy) is 2. The van der Waals surface area contributed by atoms with Crippen molar-refractivity contribution in [3.8, 4) is 5.88 Å². The van der Waals surface area contributed by atoms with Crippen LogP contribution in [0.25, 0.3) is 0 Å². The van der Waals surface area contributed by atoms with E-state index in [0.717, 1.165) is 18.7 Å². The molecule has 0 bridgehead atoms. The molecule has 1 saturated heterocycles. The van der Waals surface area contributed by atoms with E-state index in [-0.39, 0.29) is 11.9 Å². The molecule has 1 aliphatic rings. The molecule has 1 aromatic carbocycles. The third kappa shape index (κ3) is 4.18. The molecule has 24 heavy (non-hydrogen) atoms. The zero-order valence-corrected chi connectivity index (χ0v) is 13.6. The summed E-state index contributed by atoms with van der Waals surface area (Å²) in [7, 11) is 1.57. The molecule has 1 N–H and O–H groups in total. The van der Waals surface area contributed by atoms with Gasteiger partial charge in [0.1, 0.15) is 5.82 Å². The molecule has 2 heterocycles. The Hall–Kier alpha value is -2.25. The first kappa shape index (κ1) is 16.6. The third-order valence-electron chi connectivity index (χ3n) is 4.03. The monoisotopic (exact) mass is 332 g/mol. The van der Waals surface area contributed by atoms with E-state index in [1.807, 2.05) is 12.1 Å². The van der Waals surface area contributed by atoms with Crippen molar-refractivity contribution in [1.29, 1.82) is 0 Å². The fourth-order valence-electron chi connectivity index (χ4n) is 2.76. The summed E-state index contributed by atoms with van der Waals surface area (Å²) in [5.74, 6) is 0.787. The van der Waals surface area contributed by atoms with Crippen LogP contribution in [0.4, 0.5) is 10.3 Å². The summed E-state index contributed by atoms with van der Waals surface area (Å²) in [6, 6.07) is 8.41. The largest absolute Gasteiger partial charge is 0.481 e. The van der Waals surface area contributed by atoms with Gasteiger partial charge in [-0.2, -0.15) is 4.98 Å². The topological polar surface area (TPSA) is 59.5 Å². The van der Waals surface area contributed by atoms with E-state index in [1.165, 1.54) is 12.1 Å². The Kier molecular flexibility index (Phi) is 5.55. The molecule has 0 spiro atoms. The lowest BCUT2D eigenvalue weighted by Gasteiger charge is -2.35. The van der Waals surface area contributed by atoms with Crippen molar-refractivity contribution in [3.63, 3.8) is 0 Å². The highest BCUT2D eigenvalue weighted by Gasteiger charge is 2.22. The van der Waals surface area contributed by atoms with Gasteiger partial charge >= 0.3 is 0 Å². The molecule has 2 aromatic rings. The van der Waals surface area contributed by atoms with E-state index < -0.39 is 0 Å². The molecular formula is C17H21FN4O2. The Morgan fingerprint density at radius 1 is 1.25 bits per heavy atom. The van der Waals surface area contributed by atoms with Gasteiger partial charge in [-0.3, -0.25) is 4.90 Å². The van der Waals surface area contributed by atoms with Gasteiger partial charge in [-0.15, -0.1) is 0 Å². The van der Waals surface area contributed by atoms with Crippen LogP contribution in [-0.4, -0.2) is 54.8 Å². The van der Waals surface area contributed by atoms with Crippen molar-refractivity contribution in [1.82, 2.24) is 14.9 Å². The van der Waals surface area contributed by atoms with E-state index in [9.17, 15) is 4.39 Å². The Morgan fingerprint density at radius 3 is 2.71 bits per heavy atom. The minimum absolute atomic E-state index is 0.0873. The van der Waals surface area contributed by atoms with Gasteiger partial charge in [-0.25, -0.2) is 9.37 Å². The van der Waals surface area contributed by atoms with Crippen LogP contribution in [0, 0.1) is 5.82 Å². The van der Waals surface area contributed by atoms with E-state index in [2.05, 4.69) is 20.2 Å². The minimum atomic E-state index is -0.233. The number of nitrogens with one attached hydrogen (secondary N) is 1. The Labute approximate surface area is 140 Å². The van der Waals surface area contributed by atoms with E-state index in [4.69, 9.17) is 9.47 Å². The smallest absolute Gasteiger partial charge is 0.226 e. The van der Waals surface area contributed by atoms with E-state index in [0.29, 0.717) is 31.6 Å². The average Bonchev–Trinajstić information content (AvgIpc) is 2.64. The zero-order chi connectivity index (χ0) is 16.8. The number of benzene rings is 1. The summed E-state index contributed by atoms with van der Waals surface area (Å²) in [5, 5.41) is 3.25. The van der Waals surface area contributed by atoms with Crippen LogP contribution in [0.1, 0.15) is 11.6 Å². The molecule has 128 valence electrons. The normalized spacial score (nSPS) is 16.6. The summed E-state index contributed by atoms with van der Waals surface area (Å²) in [6.45, 7) is 3.69. The van der Waals surface area contributed by atoms with Crippen LogP contribution < -0.4 is 10.1 Å². The first-order valence-electron chi connectivity index (χ1n) is 7.94. The number of methoxy groups -OCH3 is 1. The number of halogens is 1. The number of nitrogens with zero attached hydrogens (tertiary/aromatic N) is 3. The number of hydrogen-bond acceptors (Lipinski definition) is 6. The van der Waals surface area contributed by atoms with Gasteiger partial charge in [-0.1, -0.05) is 12.1 Å². The van der Waals surface area contributed by atoms with E-state index in [1.54, 1.807) is 19.4 Å². The Balaban J connectivity index is 1.74. The highest BCUT2D eigenvalue weighted by molar-refractivity contribution is 5.29. The van der Waals surface area contributed by atoms with Gasteiger partial charge in [0, 0.05) is 31.9 Å². The number of anilines is 1. The summed E-state index contributed by atoms with van der Waals surface area (Å²) in [6.07, 6.45) is 1.65. The molecule has 1 aliphatic heterocycles. The van der Waals surface area contributed by atoms with Gasteiger partial charge in [-0.05, 0) is 17.7 Å². The second-order valence-electron chi connectivity index (χ2n) is 5.52. The third-order valence-corrected chi connectivity index (χ3v) is 4.03. The summed E-state index contributed by atoms with van der Waals surface area (Å²) in [5.41, 5.74) is 1.05. The summed E-state index contributed by atoms with van der Waals surface area (Å²) < 4.78 is 23.8. The summed E-state index contributed by atoms with van der Waals surface area (Å²) >= 11 is 0. The molecular weight excluding hydrogens is 311 g/mol. The van der Waals surface area contributed by atoms with Crippen LogP contribution in [0.3, 0.4) is 0 Å². The SMILES string of the molecule is COc1ccnc(NCC(c2ccc(F)cc2)N2CCOCC2)n1. The van der Waals surface area contributed by atoms with Crippen molar-refractivity contribution >= 4 is 5.95 Å². The maximum Gasteiger partial charge on any atom is 0.226 e. The van der Waals surface area contributed by atoms with Crippen LogP contribution in [0.15, 0.2) is 36.5 Å². The van der Waals surface area contributed by atoms with Gasteiger partial charge in [0.25, 0.3) is 0 Å². The van der Waals surface area contributed by atoms with Crippen LogP contribution in [0.2, 0.25) is 0 Å². The van der Waals surface area contributed by atoms with Gasteiger partial charge in [0.05, 0.1) is 26.4 Å². The molecule has 6 nitrogen and oxygen atoms in total. The van der Waals surface area contributed by atoms with Crippen LogP contribution in [-0.2, 0) is 4.74 Å². The van der Waals surface area contributed by atoms with Crippen molar-refractivity contribution < 1.29 is 13.9 Å². The molecule has 1 atom stereocenters. The molecule has 3 rings (SSSR count). The Bertz CT molecular complexity index is 647. The zero-order valence-electron chi connectivity index (χ0n) is 13.6. The highest BCUT2D eigenvalue weighted by atomic mass is 19.1. The molecule has 1 unspecified atom stereocenters. The molecule has 1 fully saturated rings. The predicted molar refractivity (Wildman–Crippen MR) is 88.6 cm³/mol. The molecule has 0 saturated carbocycles. The maximum absolute atomic E-state index is 13.2. The Morgan fingerprint density at radius 2 is 2.00 bits per heavy atom. The first-order chi connectivity index (χ1) is 11.8. The number of rotatable bonds is 6. The van der Waals surface area contributed by atoms with Crippen molar-refractivity contribution in [2.45, 2.75) is 6.04 Å². The van der Waals surface area contributed by atoms with Crippen LogP contribution in [0.5, 0.6) is 5.88 Å². The fourth-order valence-corrected chi connectivity index (χ4v) is 2.76.